The molecule has 0 saturated heterocycles. The van der Waals surface area contributed by atoms with Crippen LogP contribution in [-0.2, 0) is 22.6 Å². The van der Waals surface area contributed by atoms with Crippen LogP contribution in [-0.4, -0.2) is 34.9 Å². The molecular formula is C32H40N2O3. The summed E-state index contributed by atoms with van der Waals surface area (Å²) in [5.74, 6) is 0.633. The number of carbonyl (C=O) groups excluding carboxylic acids is 2. The minimum Gasteiger partial charge on any atom is -0.484 e. The van der Waals surface area contributed by atoms with E-state index in [0.29, 0.717) is 24.6 Å². The molecule has 0 aliphatic carbocycles. The summed E-state index contributed by atoms with van der Waals surface area (Å²) >= 11 is 0. The molecule has 37 heavy (non-hydrogen) atoms. The van der Waals surface area contributed by atoms with Crippen LogP contribution in [0.25, 0.3) is 0 Å². The third-order valence-corrected chi connectivity index (χ3v) is 6.28. The number of hydrogen-bond acceptors (Lipinski definition) is 3. The first-order chi connectivity index (χ1) is 17.5. The van der Waals surface area contributed by atoms with E-state index in [4.69, 9.17) is 4.74 Å². The lowest BCUT2D eigenvalue weighted by atomic mass is 10.00. The average molecular weight is 501 g/mol. The number of nitrogens with one attached hydrogen (secondary N) is 1. The normalized spacial score (nSPS) is 12.2. The van der Waals surface area contributed by atoms with Gasteiger partial charge in [-0.2, -0.15) is 0 Å². The van der Waals surface area contributed by atoms with E-state index in [0.717, 1.165) is 16.7 Å². The van der Waals surface area contributed by atoms with E-state index in [2.05, 4.69) is 19.2 Å². The minimum absolute atomic E-state index is 0.152. The van der Waals surface area contributed by atoms with Gasteiger partial charge in [0.2, 0.25) is 5.91 Å². The summed E-state index contributed by atoms with van der Waals surface area (Å²) in [6.07, 6.45) is 0.406. The van der Waals surface area contributed by atoms with Gasteiger partial charge >= 0.3 is 0 Å². The Morgan fingerprint density at radius 1 is 0.892 bits per heavy atom. The Kier molecular flexibility index (Phi) is 9.51. The monoisotopic (exact) mass is 500 g/mol. The van der Waals surface area contributed by atoms with Gasteiger partial charge in [-0.15, -0.1) is 0 Å². The van der Waals surface area contributed by atoms with E-state index in [9.17, 15) is 9.59 Å². The SMILES string of the molecule is Cc1ccccc1CN(C(=O)COc1ccc(C(C)C)cc1)C(Cc1ccccc1)C(=O)NC(C)(C)C. The zero-order valence-electron chi connectivity index (χ0n) is 23.0. The molecule has 0 aliphatic rings. The number of ether oxygens (including phenoxy) is 1. The summed E-state index contributed by atoms with van der Waals surface area (Å²) in [7, 11) is 0. The third kappa shape index (κ3) is 8.49. The fourth-order valence-corrected chi connectivity index (χ4v) is 4.15. The molecule has 5 nitrogen and oxygen atoms in total. The maximum Gasteiger partial charge on any atom is 0.261 e. The van der Waals surface area contributed by atoms with E-state index in [1.165, 1.54) is 5.56 Å². The van der Waals surface area contributed by atoms with Crippen LogP contribution in [0.4, 0.5) is 0 Å². The fourth-order valence-electron chi connectivity index (χ4n) is 4.15. The molecule has 0 aromatic heterocycles. The smallest absolute Gasteiger partial charge is 0.261 e. The molecule has 1 unspecified atom stereocenters. The first-order valence-corrected chi connectivity index (χ1v) is 13.0. The highest BCUT2D eigenvalue weighted by molar-refractivity contribution is 5.89. The molecule has 0 spiro atoms. The second-order valence-corrected chi connectivity index (χ2v) is 10.9. The third-order valence-electron chi connectivity index (χ3n) is 6.28. The minimum atomic E-state index is -0.694. The van der Waals surface area contributed by atoms with Gasteiger partial charge in [0.05, 0.1) is 0 Å². The summed E-state index contributed by atoms with van der Waals surface area (Å²) in [6.45, 7) is 12.3. The van der Waals surface area contributed by atoms with Gasteiger partial charge in [-0.3, -0.25) is 9.59 Å². The maximum atomic E-state index is 13.7. The quantitative estimate of drug-likeness (QED) is 0.369. The molecule has 3 aromatic carbocycles. The second kappa shape index (κ2) is 12.6. The molecular weight excluding hydrogens is 460 g/mol. The lowest BCUT2D eigenvalue weighted by molar-refractivity contribution is -0.143. The Bertz CT molecular complexity index is 1160. The van der Waals surface area contributed by atoms with Gasteiger partial charge in [-0.25, -0.2) is 0 Å². The highest BCUT2D eigenvalue weighted by atomic mass is 16.5. The molecule has 1 atom stereocenters. The van der Waals surface area contributed by atoms with Crippen molar-refractivity contribution in [3.63, 3.8) is 0 Å². The van der Waals surface area contributed by atoms with E-state index in [1.54, 1.807) is 4.90 Å². The van der Waals surface area contributed by atoms with Crippen LogP contribution >= 0.6 is 0 Å². The van der Waals surface area contributed by atoms with Gasteiger partial charge in [-0.05, 0) is 68.0 Å². The van der Waals surface area contributed by atoms with Crippen molar-refractivity contribution in [3.8, 4) is 5.75 Å². The van der Waals surface area contributed by atoms with Crippen LogP contribution in [0.15, 0.2) is 78.9 Å². The lowest BCUT2D eigenvalue weighted by Gasteiger charge is -2.34. The number of nitrogens with zero attached hydrogens (tertiary/aromatic N) is 1. The van der Waals surface area contributed by atoms with Gasteiger partial charge in [0.1, 0.15) is 11.8 Å². The van der Waals surface area contributed by atoms with Crippen molar-refractivity contribution in [2.75, 3.05) is 6.61 Å². The Morgan fingerprint density at radius 3 is 2.11 bits per heavy atom. The Hall–Kier alpha value is -3.60. The molecule has 3 rings (SSSR count). The topological polar surface area (TPSA) is 58.6 Å². The predicted molar refractivity (Wildman–Crippen MR) is 150 cm³/mol. The maximum absolute atomic E-state index is 13.7. The van der Waals surface area contributed by atoms with Gasteiger partial charge < -0.3 is 15.0 Å². The van der Waals surface area contributed by atoms with E-state index in [-0.39, 0.29) is 18.4 Å². The van der Waals surface area contributed by atoms with Crippen LogP contribution in [0, 0.1) is 6.92 Å². The summed E-state index contributed by atoms with van der Waals surface area (Å²) in [6, 6.07) is 24.9. The molecule has 0 saturated carbocycles. The summed E-state index contributed by atoms with van der Waals surface area (Å²) in [5.41, 5.74) is 3.84. The van der Waals surface area contributed by atoms with Crippen molar-refractivity contribution in [2.24, 2.45) is 0 Å². The molecule has 5 heteroatoms. The molecule has 196 valence electrons. The standard InChI is InChI=1S/C32H40N2O3/c1-23(2)26-16-18-28(19-17-26)37-22-30(35)34(21-27-15-11-10-12-24(27)3)29(31(36)33-32(4,5)6)20-25-13-8-7-9-14-25/h7-19,23,29H,20-22H2,1-6H3,(H,33,36). The zero-order valence-corrected chi connectivity index (χ0v) is 23.0. The molecule has 2 amide bonds. The lowest BCUT2D eigenvalue weighted by Crippen LogP contribution is -2.55. The van der Waals surface area contributed by atoms with Crippen LogP contribution in [0.2, 0.25) is 0 Å². The average Bonchev–Trinajstić information content (AvgIpc) is 2.85. The summed E-state index contributed by atoms with van der Waals surface area (Å²) in [5, 5.41) is 3.09. The fraction of sp³-hybridized carbons (Fsp3) is 0.375. The molecule has 0 heterocycles. The van der Waals surface area contributed by atoms with E-state index < -0.39 is 11.6 Å². The van der Waals surface area contributed by atoms with E-state index in [1.807, 2.05) is 107 Å². The highest BCUT2D eigenvalue weighted by Crippen LogP contribution is 2.21. The summed E-state index contributed by atoms with van der Waals surface area (Å²) < 4.78 is 5.91. The number of carbonyl (C=O) groups is 2. The molecule has 0 fully saturated rings. The molecule has 0 bridgehead atoms. The highest BCUT2D eigenvalue weighted by Gasteiger charge is 2.32. The van der Waals surface area contributed by atoms with Gasteiger partial charge in [0.25, 0.3) is 5.91 Å². The van der Waals surface area contributed by atoms with Crippen molar-refractivity contribution >= 4 is 11.8 Å². The number of hydrogen-bond donors (Lipinski definition) is 1. The zero-order chi connectivity index (χ0) is 27.0. The largest absolute Gasteiger partial charge is 0.484 e. The number of aryl methyl sites for hydroxylation is 1. The Morgan fingerprint density at radius 2 is 1.51 bits per heavy atom. The van der Waals surface area contributed by atoms with Gasteiger partial charge in [0, 0.05) is 18.5 Å². The first kappa shape index (κ1) is 28.0. The van der Waals surface area contributed by atoms with Crippen LogP contribution < -0.4 is 10.1 Å². The number of benzene rings is 3. The van der Waals surface area contributed by atoms with Gasteiger partial charge in [0.15, 0.2) is 6.61 Å². The Labute approximate surface area is 221 Å². The van der Waals surface area contributed by atoms with Crippen LogP contribution in [0.5, 0.6) is 5.75 Å². The van der Waals surface area contributed by atoms with E-state index >= 15 is 0 Å². The predicted octanol–water partition coefficient (Wildman–Crippen LogP) is 6.05. The number of rotatable bonds is 10. The Balaban J connectivity index is 1.91. The van der Waals surface area contributed by atoms with Crippen molar-refractivity contribution in [1.82, 2.24) is 10.2 Å². The second-order valence-electron chi connectivity index (χ2n) is 10.9. The molecule has 1 N–H and O–H groups in total. The molecule has 0 radical (unpaired) electrons. The first-order valence-electron chi connectivity index (χ1n) is 13.0. The van der Waals surface area contributed by atoms with Gasteiger partial charge in [-0.1, -0.05) is 80.6 Å². The molecule has 3 aromatic rings. The number of amides is 2. The van der Waals surface area contributed by atoms with Crippen molar-refractivity contribution < 1.29 is 14.3 Å². The van der Waals surface area contributed by atoms with Crippen molar-refractivity contribution in [2.45, 2.75) is 72.0 Å². The summed E-state index contributed by atoms with van der Waals surface area (Å²) in [4.78, 5) is 29.0. The van der Waals surface area contributed by atoms with Crippen molar-refractivity contribution in [3.05, 3.63) is 101 Å². The molecule has 0 aliphatic heterocycles. The van der Waals surface area contributed by atoms with Crippen LogP contribution in [0.1, 0.15) is 62.8 Å². The van der Waals surface area contributed by atoms with Crippen molar-refractivity contribution in [1.29, 1.82) is 0 Å². The van der Waals surface area contributed by atoms with Crippen LogP contribution in [0.3, 0.4) is 0 Å².